The summed E-state index contributed by atoms with van der Waals surface area (Å²) in [6, 6.07) is -0.817. The molecule has 200 valence electrons. The van der Waals surface area contributed by atoms with Crippen molar-refractivity contribution >= 4 is 17.8 Å². The summed E-state index contributed by atoms with van der Waals surface area (Å²) < 4.78 is 11.2. The molecule has 1 saturated carbocycles. The Morgan fingerprint density at radius 1 is 1.06 bits per heavy atom. The van der Waals surface area contributed by atoms with E-state index in [-0.39, 0.29) is 11.2 Å². The van der Waals surface area contributed by atoms with E-state index < -0.39 is 29.8 Å². The first kappa shape index (κ1) is 29.4. The number of nitrogens with one attached hydrogen (secondary N) is 1. The predicted octanol–water partition coefficient (Wildman–Crippen LogP) is 7.19. The number of carbonyl (C=O) groups is 3. The molecule has 0 aromatic rings. The molecular formula is C29H49NO5. The van der Waals surface area contributed by atoms with Gasteiger partial charge in [0.05, 0.1) is 0 Å². The van der Waals surface area contributed by atoms with Gasteiger partial charge in [0.15, 0.2) is 11.9 Å². The predicted molar refractivity (Wildman–Crippen MR) is 139 cm³/mol. The van der Waals surface area contributed by atoms with Crippen molar-refractivity contribution in [2.24, 2.45) is 5.41 Å². The smallest absolute Gasteiger partial charge is 0.408 e. The SMILES string of the molecule is CCCCCCCCCCC(NC(=O)OC(C)(C)C)C(=O)OC1C[C@]2(C)CCCCC2=C(C)C1=O. The monoisotopic (exact) mass is 491 g/mol. The first-order chi connectivity index (χ1) is 16.5. The lowest BCUT2D eigenvalue weighted by atomic mass is 9.63. The highest BCUT2D eigenvalue weighted by atomic mass is 16.6. The van der Waals surface area contributed by atoms with Crippen LogP contribution in [0.1, 0.15) is 131 Å². The first-order valence-electron chi connectivity index (χ1n) is 13.9. The quantitative estimate of drug-likeness (QED) is 0.231. The topological polar surface area (TPSA) is 81.7 Å². The molecule has 0 heterocycles. The van der Waals surface area contributed by atoms with Crippen LogP contribution in [0.15, 0.2) is 11.1 Å². The number of carbonyl (C=O) groups excluding carboxylic acids is 3. The lowest BCUT2D eigenvalue weighted by Crippen LogP contribution is -2.48. The van der Waals surface area contributed by atoms with E-state index in [0.29, 0.717) is 12.8 Å². The van der Waals surface area contributed by atoms with Crippen LogP contribution in [0.4, 0.5) is 4.79 Å². The number of ether oxygens (including phenoxy) is 2. The van der Waals surface area contributed by atoms with Gasteiger partial charge in [0.2, 0.25) is 0 Å². The van der Waals surface area contributed by atoms with E-state index in [4.69, 9.17) is 9.47 Å². The van der Waals surface area contributed by atoms with Crippen LogP contribution >= 0.6 is 0 Å². The van der Waals surface area contributed by atoms with Crippen LogP contribution in [-0.2, 0) is 19.1 Å². The molecule has 0 aromatic carbocycles. The molecule has 35 heavy (non-hydrogen) atoms. The zero-order chi connectivity index (χ0) is 26.1. The number of ketones is 1. The Hall–Kier alpha value is -1.85. The molecule has 2 aliphatic rings. The van der Waals surface area contributed by atoms with Gasteiger partial charge >= 0.3 is 12.1 Å². The number of amides is 1. The maximum Gasteiger partial charge on any atom is 0.408 e. The molecule has 1 amide bonds. The fourth-order valence-electron chi connectivity index (χ4n) is 5.53. The van der Waals surface area contributed by atoms with Crippen molar-refractivity contribution in [3.05, 3.63) is 11.1 Å². The van der Waals surface area contributed by atoms with Crippen molar-refractivity contribution in [1.29, 1.82) is 0 Å². The number of unbranched alkanes of at least 4 members (excludes halogenated alkanes) is 7. The standard InChI is InChI=1S/C29H49NO5/c1-7-8-9-10-11-12-13-14-18-23(30-27(33)35-28(3,4)5)26(32)34-24-20-29(6)19-16-15-17-22(29)21(2)25(24)31/h23-24H,7-20H2,1-6H3,(H,30,33)/t23?,24?,29-/m0/s1. The lowest BCUT2D eigenvalue weighted by Gasteiger charge is -2.43. The third kappa shape index (κ3) is 9.27. The van der Waals surface area contributed by atoms with Crippen molar-refractivity contribution in [2.75, 3.05) is 0 Å². The molecule has 2 aliphatic carbocycles. The van der Waals surface area contributed by atoms with E-state index in [0.717, 1.165) is 50.5 Å². The van der Waals surface area contributed by atoms with Gasteiger partial charge in [-0.1, -0.05) is 77.2 Å². The van der Waals surface area contributed by atoms with Crippen LogP contribution in [-0.4, -0.2) is 35.6 Å². The molecule has 0 spiro atoms. The van der Waals surface area contributed by atoms with Crippen molar-refractivity contribution in [2.45, 2.75) is 149 Å². The number of hydrogen-bond donors (Lipinski definition) is 1. The van der Waals surface area contributed by atoms with Crippen molar-refractivity contribution in [3.8, 4) is 0 Å². The third-order valence-corrected chi connectivity index (χ3v) is 7.46. The number of fused-ring (bicyclic) bond motifs is 1. The van der Waals surface area contributed by atoms with Crippen LogP contribution < -0.4 is 5.32 Å². The van der Waals surface area contributed by atoms with Gasteiger partial charge in [-0.2, -0.15) is 0 Å². The van der Waals surface area contributed by atoms with E-state index in [2.05, 4.69) is 19.2 Å². The second-order valence-corrected chi connectivity index (χ2v) is 11.8. The second kappa shape index (κ2) is 13.5. The molecule has 2 rings (SSSR count). The van der Waals surface area contributed by atoms with Crippen molar-refractivity contribution in [3.63, 3.8) is 0 Å². The molecular weight excluding hydrogens is 442 g/mol. The molecule has 6 heteroatoms. The molecule has 0 saturated heterocycles. The summed E-state index contributed by atoms with van der Waals surface area (Å²) in [6.07, 6.45) is 12.9. The molecule has 2 unspecified atom stereocenters. The molecule has 0 radical (unpaired) electrons. The van der Waals surface area contributed by atoms with Crippen molar-refractivity contribution in [1.82, 2.24) is 5.32 Å². The Bertz CT molecular complexity index is 766. The maximum atomic E-state index is 13.2. The summed E-state index contributed by atoms with van der Waals surface area (Å²) in [5.41, 5.74) is 1.25. The zero-order valence-corrected chi connectivity index (χ0v) is 23.1. The molecule has 1 N–H and O–H groups in total. The minimum absolute atomic E-state index is 0.0872. The van der Waals surface area contributed by atoms with Gasteiger partial charge in [-0.15, -0.1) is 0 Å². The van der Waals surface area contributed by atoms with Crippen LogP contribution in [0, 0.1) is 5.41 Å². The van der Waals surface area contributed by atoms with Gasteiger partial charge in [-0.25, -0.2) is 9.59 Å². The number of alkyl carbamates (subject to hydrolysis) is 1. The zero-order valence-electron chi connectivity index (χ0n) is 23.1. The van der Waals surface area contributed by atoms with Crippen LogP contribution in [0.5, 0.6) is 0 Å². The van der Waals surface area contributed by atoms with Crippen LogP contribution in [0.25, 0.3) is 0 Å². The Balaban J connectivity index is 1.99. The lowest BCUT2D eigenvalue weighted by molar-refractivity contribution is -0.158. The fraction of sp³-hybridized carbons (Fsp3) is 0.828. The number of esters is 1. The minimum atomic E-state index is -0.817. The highest BCUT2D eigenvalue weighted by molar-refractivity contribution is 6.01. The summed E-state index contributed by atoms with van der Waals surface area (Å²) in [4.78, 5) is 38.7. The maximum absolute atomic E-state index is 13.2. The summed E-state index contributed by atoms with van der Waals surface area (Å²) >= 11 is 0. The second-order valence-electron chi connectivity index (χ2n) is 11.8. The molecule has 0 aliphatic heterocycles. The van der Waals surface area contributed by atoms with Gasteiger partial charge in [0.25, 0.3) is 0 Å². The number of allylic oxidation sites excluding steroid dienone is 1. The summed E-state index contributed by atoms with van der Waals surface area (Å²) in [5, 5.41) is 2.71. The highest BCUT2D eigenvalue weighted by Gasteiger charge is 2.44. The Morgan fingerprint density at radius 3 is 2.31 bits per heavy atom. The molecule has 1 fully saturated rings. The summed E-state index contributed by atoms with van der Waals surface area (Å²) in [6.45, 7) is 11.6. The largest absolute Gasteiger partial charge is 0.452 e. The van der Waals surface area contributed by atoms with Gasteiger partial charge < -0.3 is 14.8 Å². The Labute approximate surface area is 213 Å². The molecule has 3 atom stereocenters. The average Bonchev–Trinajstić information content (AvgIpc) is 2.76. The number of hydrogen-bond acceptors (Lipinski definition) is 5. The van der Waals surface area contributed by atoms with Crippen LogP contribution in [0.2, 0.25) is 0 Å². The van der Waals surface area contributed by atoms with Gasteiger partial charge in [-0.05, 0) is 64.4 Å². The fourth-order valence-corrected chi connectivity index (χ4v) is 5.53. The molecule has 0 aromatic heterocycles. The van der Waals surface area contributed by atoms with E-state index >= 15 is 0 Å². The normalized spacial score (nSPS) is 23.5. The average molecular weight is 492 g/mol. The van der Waals surface area contributed by atoms with E-state index in [9.17, 15) is 14.4 Å². The van der Waals surface area contributed by atoms with Gasteiger partial charge in [0.1, 0.15) is 11.6 Å². The van der Waals surface area contributed by atoms with Crippen LogP contribution in [0.3, 0.4) is 0 Å². The van der Waals surface area contributed by atoms with E-state index in [1.807, 2.05) is 6.92 Å². The minimum Gasteiger partial charge on any atom is -0.452 e. The van der Waals surface area contributed by atoms with E-state index in [1.165, 1.54) is 37.7 Å². The van der Waals surface area contributed by atoms with Gasteiger partial charge in [-0.3, -0.25) is 4.79 Å². The van der Waals surface area contributed by atoms with E-state index in [1.54, 1.807) is 20.8 Å². The Morgan fingerprint density at radius 2 is 1.69 bits per heavy atom. The third-order valence-electron chi connectivity index (χ3n) is 7.46. The number of rotatable bonds is 12. The summed E-state index contributed by atoms with van der Waals surface area (Å²) in [5.74, 6) is -0.622. The summed E-state index contributed by atoms with van der Waals surface area (Å²) in [7, 11) is 0. The number of Topliss-reactive ketones (excluding diaryl/α,β-unsaturated/α-hetero) is 1. The highest BCUT2D eigenvalue weighted by Crippen LogP contribution is 2.49. The Kier molecular flexibility index (Phi) is 11.3. The van der Waals surface area contributed by atoms with Crippen molar-refractivity contribution < 1.29 is 23.9 Å². The molecule has 6 nitrogen and oxygen atoms in total. The first-order valence-corrected chi connectivity index (χ1v) is 13.9. The molecule has 0 bridgehead atoms. The van der Waals surface area contributed by atoms with Gasteiger partial charge in [0, 0.05) is 6.42 Å².